The topological polar surface area (TPSA) is 54.6 Å². The van der Waals surface area contributed by atoms with Crippen molar-refractivity contribution in [2.24, 2.45) is 4.99 Å². The summed E-state index contributed by atoms with van der Waals surface area (Å²) in [5, 5.41) is 3.82. The first-order valence-corrected chi connectivity index (χ1v) is 10.5. The minimum atomic E-state index is -0.256. The molecule has 0 fully saturated rings. The zero-order chi connectivity index (χ0) is 20.2. The molecule has 144 valence electrons. The van der Waals surface area contributed by atoms with E-state index in [2.05, 4.69) is 10.3 Å². The van der Waals surface area contributed by atoms with Crippen LogP contribution >= 0.6 is 11.8 Å². The molecule has 1 amide bonds. The summed E-state index contributed by atoms with van der Waals surface area (Å²) in [5.74, 6) is -0.256. The Labute approximate surface area is 173 Å². The van der Waals surface area contributed by atoms with Crippen molar-refractivity contribution in [2.45, 2.75) is 11.8 Å². The maximum atomic E-state index is 13.1. The second-order valence-electron chi connectivity index (χ2n) is 6.58. The van der Waals surface area contributed by atoms with E-state index in [0.29, 0.717) is 11.1 Å². The van der Waals surface area contributed by atoms with Crippen molar-refractivity contribution < 1.29 is 9.21 Å². The molecular weight excluding hydrogens is 380 g/mol. The molecule has 0 bridgehead atoms. The van der Waals surface area contributed by atoms with Gasteiger partial charge in [0, 0.05) is 16.0 Å². The molecule has 4 nitrogen and oxygen atoms in total. The third kappa shape index (κ3) is 4.25. The smallest absolute Gasteiger partial charge is 0.261 e. The van der Waals surface area contributed by atoms with Gasteiger partial charge in [0.15, 0.2) is 0 Å². The lowest BCUT2D eigenvalue weighted by Crippen LogP contribution is -2.22. The van der Waals surface area contributed by atoms with E-state index >= 15 is 0 Å². The average Bonchev–Trinajstić information content (AvgIpc) is 2.75. The first-order chi connectivity index (χ1) is 14.1. The third-order valence-corrected chi connectivity index (χ3v) is 5.34. The second kappa shape index (κ2) is 8.37. The van der Waals surface area contributed by atoms with E-state index in [1.807, 2.05) is 92.0 Å². The van der Waals surface area contributed by atoms with Gasteiger partial charge in [0.05, 0.1) is 5.69 Å². The van der Waals surface area contributed by atoms with Crippen molar-refractivity contribution in [2.75, 3.05) is 11.6 Å². The van der Waals surface area contributed by atoms with Crippen LogP contribution in [0.25, 0.3) is 11.0 Å². The van der Waals surface area contributed by atoms with Crippen LogP contribution in [0.15, 0.2) is 93.2 Å². The largest absolute Gasteiger partial charge is 0.438 e. The van der Waals surface area contributed by atoms with Crippen molar-refractivity contribution in [3.63, 3.8) is 0 Å². The van der Waals surface area contributed by atoms with Crippen molar-refractivity contribution in [3.8, 4) is 0 Å². The van der Waals surface area contributed by atoms with E-state index in [1.165, 1.54) is 0 Å². The summed E-state index contributed by atoms with van der Waals surface area (Å²) in [6.07, 6.45) is 2.03. The molecule has 3 aromatic carbocycles. The molecule has 5 heteroatoms. The zero-order valence-electron chi connectivity index (χ0n) is 16.2. The van der Waals surface area contributed by atoms with Gasteiger partial charge in [-0.3, -0.25) is 4.79 Å². The number of hydrogen-bond donors (Lipinski definition) is 1. The standard InChI is InChI=1S/C24H20N2O2S/c1-16-7-3-5-9-21(16)26-23(27)20-15-17-8-4-6-10-22(17)28-24(20)25-18-11-13-19(29-2)14-12-18/h3-15H,1-2H3,(H,26,27). The molecule has 0 aliphatic carbocycles. The van der Waals surface area contributed by atoms with Crippen LogP contribution in [-0.4, -0.2) is 12.2 Å². The lowest BCUT2D eigenvalue weighted by Gasteiger charge is -2.09. The Morgan fingerprint density at radius 1 is 0.966 bits per heavy atom. The zero-order valence-corrected chi connectivity index (χ0v) is 17.0. The summed E-state index contributed by atoms with van der Waals surface area (Å²) in [6.45, 7) is 1.96. The van der Waals surface area contributed by atoms with Gasteiger partial charge in [-0.25, -0.2) is 4.99 Å². The molecule has 0 spiro atoms. The fraction of sp³-hybridized carbons (Fsp3) is 0.0833. The maximum Gasteiger partial charge on any atom is 0.261 e. The van der Waals surface area contributed by atoms with Gasteiger partial charge in [0.1, 0.15) is 11.1 Å². The molecule has 0 atom stereocenters. The lowest BCUT2D eigenvalue weighted by molar-refractivity contribution is 0.102. The first kappa shape index (κ1) is 19.0. The molecule has 0 saturated carbocycles. The normalized spacial score (nSPS) is 11.6. The maximum absolute atomic E-state index is 13.1. The number of para-hydroxylation sites is 2. The molecule has 0 saturated heterocycles. The van der Waals surface area contributed by atoms with Gasteiger partial charge in [-0.15, -0.1) is 11.8 Å². The average molecular weight is 401 g/mol. The third-order valence-electron chi connectivity index (χ3n) is 4.60. The van der Waals surface area contributed by atoms with Gasteiger partial charge in [-0.1, -0.05) is 36.4 Å². The van der Waals surface area contributed by atoms with Crippen molar-refractivity contribution in [1.29, 1.82) is 0 Å². The van der Waals surface area contributed by atoms with Crippen LogP contribution in [-0.2, 0) is 0 Å². The predicted octanol–water partition coefficient (Wildman–Crippen LogP) is 5.95. The number of fused-ring (bicyclic) bond motifs is 1. The summed E-state index contributed by atoms with van der Waals surface area (Å²) in [4.78, 5) is 18.9. The Bertz CT molecular complexity index is 1240. The minimum Gasteiger partial charge on any atom is -0.438 e. The summed E-state index contributed by atoms with van der Waals surface area (Å²) in [7, 11) is 0. The number of carbonyl (C=O) groups excluding carboxylic acids is 1. The van der Waals surface area contributed by atoms with E-state index in [1.54, 1.807) is 11.8 Å². The van der Waals surface area contributed by atoms with E-state index in [9.17, 15) is 4.79 Å². The number of nitrogens with one attached hydrogen (secondary N) is 1. The number of aryl methyl sites for hydroxylation is 1. The number of rotatable bonds is 4. The highest BCUT2D eigenvalue weighted by molar-refractivity contribution is 7.98. The van der Waals surface area contributed by atoms with E-state index in [-0.39, 0.29) is 11.5 Å². The molecule has 0 aliphatic rings. The van der Waals surface area contributed by atoms with Gasteiger partial charge in [0.25, 0.3) is 5.91 Å². The van der Waals surface area contributed by atoms with Crippen molar-refractivity contribution in [1.82, 2.24) is 0 Å². The van der Waals surface area contributed by atoms with Gasteiger partial charge in [-0.05, 0) is 61.2 Å². The number of nitrogens with zero attached hydrogens (tertiary/aromatic N) is 1. The Morgan fingerprint density at radius 2 is 1.69 bits per heavy atom. The molecule has 4 aromatic rings. The van der Waals surface area contributed by atoms with Crippen LogP contribution in [0.5, 0.6) is 0 Å². The van der Waals surface area contributed by atoms with Gasteiger partial charge >= 0.3 is 0 Å². The molecule has 1 aromatic heterocycles. The first-order valence-electron chi connectivity index (χ1n) is 9.23. The number of benzene rings is 3. The predicted molar refractivity (Wildman–Crippen MR) is 119 cm³/mol. The lowest BCUT2D eigenvalue weighted by atomic mass is 10.1. The van der Waals surface area contributed by atoms with Crippen LogP contribution in [0.1, 0.15) is 15.9 Å². The van der Waals surface area contributed by atoms with Gasteiger partial charge < -0.3 is 9.73 Å². The number of hydrogen-bond acceptors (Lipinski definition) is 4. The van der Waals surface area contributed by atoms with Gasteiger partial charge in [0.2, 0.25) is 5.55 Å². The molecule has 29 heavy (non-hydrogen) atoms. The minimum absolute atomic E-state index is 0.256. The Kier molecular flexibility index (Phi) is 5.49. The SMILES string of the molecule is CSc1ccc(N=c2oc3ccccc3cc2C(=O)Nc2ccccc2C)cc1. The van der Waals surface area contributed by atoms with Crippen molar-refractivity contribution in [3.05, 3.63) is 95.5 Å². The number of thioether (sulfide) groups is 1. The van der Waals surface area contributed by atoms with Crippen LogP contribution in [0.3, 0.4) is 0 Å². The fourth-order valence-electron chi connectivity index (χ4n) is 2.99. The molecule has 1 heterocycles. The summed E-state index contributed by atoms with van der Waals surface area (Å²) < 4.78 is 6.01. The van der Waals surface area contributed by atoms with Crippen LogP contribution in [0, 0.1) is 6.92 Å². The van der Waals surface area contributed by atoms with Crippen molar-refractivity contribution >= 4 is 40.0 Å². The van der Waals surface area contributed by atoms with Crippen LogP contribution in [0.4, 0.5) is 11.4 Å². The Balaban J connectivity index is 1.82. The molecule has 0 aliphatic heterocycles. The monoisotopic (exact) mass is 400 g/mol. The highest BCUT2D eigenvalue weighted by Gasteiger charge is 2.14. The molecule has 1 N–H and O–H groups in total. The molecule has 0 unspecified atom stereocenters. The number of anilines is 1. The van der Waals surface area contributed by atoms with E-state index in [4.69, 9.17) is 4.42 Å². The quantitative estimate of drug-likeness (QED) is 0.431. The van der Waals surface area contributed by atoms with Gasteiger partial charge in [-0.2, -0.15) is 0 Å². The molecule has 0 radical (unpaired) electrons. The highest BCUT2D eigenvalue weighted by atomic mass is 32.2. The number of amides is 1. The second-order valence-corrected chi connectivity index (χ2v) is 7.46. The fourth-order valence-corrected chi connectivity index (χ4v) is 3.40. The summed E-state index contributed by atoms with van der Waals surface area (Å²) in [5.41, 5.74) is 3.84. The van der Waals surface area contributed by atoms with E-state index < -0.39 is 0 Å². The van der Waals surface area contributed by atoms with E-state index in [0.717, 1.165) is 27.2 Å². The molecule has 4 rings (SSSR count). The van der Waals surface area contributed by atoms with Crippen LogP contribution < -0.4 is 10.9 Å². The summed E-state index contributed by atoms with van der Waals surface area (Å²) in [6, 6.07) is 24.9. The Morgan fingerprint density at radius 3 is 2.45 bits per heavy atom. The van der Waals surface area contributed by atoms with Crippen LogP contribution in [0.2, 0.25) is 0 Å². The Hall–Kier alpha value is -3.31. The molecular formula is C24H20N2O2S. The number of carbonyl (C=O) groups is 1. The summed E-state index contributed by atoms with van der Waals surface area (Å²) >= 11 is 1.67. The highest BCUT2D eigenvalue weighted by Crippen LogP contribution is 2.20.